The summed E-state index contributed by atoms with van der Waals surface area (Å²) in [5.41, 5.74) is 0.824. The van der Waals surface area contributed by atoms with Crippen molar-refractivity contribution >= 4 is 11.6 Å². The third-order valence-corrected chi connectivity index (χ3v) is 3.76. The highest BCUT2D eigenvalue weighted by atomic mass is 15.3. The number of pyridine rings is 1. The van der Waals surface area contributed by atoms with Crippen molar-refractivity contribution in [3.05, 3.63) is 42.4 Å². The number of fused-ring (bicyclic) bond motifs is 1. The molecule has 3 rings (SSSR count). The molecule has 0 aliphatic carbocycles. The van der Waals surface area contributed by atoms with Crippen LogP contribution in [0.4, 0.5) is 0 Å². The summed E-state index contributed by atoms with van der Waals surface area (Å²) < 4.78 is 3.99. The zero-order valence-electron chi connectivity index (χ0n) is 14.6. The molecule has 0 fully saturated rings. The third-order valence-electron chi connectivity index (χ3n) is 3.76. The van der Waals surface area contributed by atoms with E-state index in [1.54, 1.807) is 6.33 Å². The maximum Gasteiger partial charge on any atom is 0.191 e. The summed E-state index contributed by atoms with van der Waals surface area (Å²) in [6.07, 6.45) is 4.57. The Bertz CT molecular complexity index is 833. The first-order valence-corrected chi connectivity index (χ1v) is 8.49. The van der Waals surface area contributed by atoms with E-state index >= 15 is 0 Å². The second kappa shape index (κ2) is 8.22. The lowest BCUT2D eigenvalue weighted by molar-refractivity contribution is 0.632. The normalized spacial score (nSPS) is 11.8. The van der Waals surface area contributed by atoms with Gasteiger partial charge in [-0.25, -0.2) is 4.99 Å². The lowest BCUT2D eigenvalue weighted by atomic mass is 10.4. The highest BCUT2D eigenvalue weighted by Crippen LogP contribution is 2.03. The predicted octanol–water partition coefficient (Wildman–Crippen LogP) is 0.639. The Labute approximate surface area is 146 Å². The monoisotopic (exact) mass is 341 g/mol. The van der Waals surface area contributed by atoms with E-state index in [2.05, 4.69) is 42.9 Å². The summed E-state index contributed by atoms with van der Waals surface area (Å²) in [5.74, 6) is 2.54. The second-order valence-corrected chi connectivity index (χ2v) is 5.46. The molecule has 0 atom stereocenters. The zero-order chi connectivity index (χ0) is 17.5. The first kappa shape index (κ1) is 16.9. The molecule has 132 valence electrons. The van der Waals surface area contributed by atoms with Crippen LogP contribution in [0.3, 0.4) is 0 Å². The fourth-order valence-electron chi connectivity index (χ4n) is 2.52. The highest BCUT2D eigenvalue weighted by molar-refractivity contribution is 5.79. The van der Waals surface area contributed by atoms with Crippen molar-refractivity contribution in [3.8, 4) is 0 Å². The van der Waals surface area contributed by atoms with Crippen LogP contribution < -0.4 is 10.6 Å². The smallest absolute Gasteiger partial charge is 0.191 e. The van der Waals surface area contributed by atoms with E-state index in [1.807, 2.05) is 40.3 Å². The second-order valence-electron chi connectivity index (χ2n) is 5.46. The number of aliphatic imine (C=N–C) groups is 1. The molecule has 9 heteroatoms. The van der Waals surface area contributed by atoms with Crippen LogP contribution >= 0.6 is 0 Å². The van der Waals surface area contributed by atoms with Gasteiger partial charge in [-0.15, -0.1) is 20.4 Å². The molecule has 0 aliphatic rings. The molecule has 0 aliphatic heterocycles. The molecule has 0 amide bonds. The fourth-order valence-corrected chi connectivity index (χ4v) is 2.52. The van der Waals surface area contributed by atoms with Crippen LogP contribution in [-0.4, -0.2) is 48.4 Å². The van der Waals surface area contributed by atoms with Crippen LogP contribution in [0.15, 0.2) is 35.7 Å². The standard InChI is InChI=1S/C16H23N9/c1-3-13-21-20-12-24(13)10-8-18-16(17-4-2)19-11-15-23-22-14-7-5-6-9-25(14)15/h5-7,9,12H,3-4,8,10-11H2,1-2H3,(H2,17,18,19). The van der Waals surface area contributed by atoms with Crippen molar-refractivity contribution in [1.29, 1.82) is 0 Å². The molecule has 0 bridgehead atoms. The van der Waals surface area contributed by atoms with E-state index in [0.717, 1.165) is 49.3 Å². The number of aromatic nitrogens is 6. The summed E-state index contributed by atoms with van der Waals surface area (Å²) >= 11 is 0. The molecule has 0 saturated heterocycles. The lowest BCUT2D eigenvalue weighted by Crippen LogP contribution is -2.39. The Morgan fingerprint density at radius 3 is 2.88 bits per heavy atom. The van der Waals surface area contributed by atoms with Gasteiger partial charge < -0.3 is 15.2 Å². The van der Waals surface area contributed by atoms with Gasteiger partial charge in [-0.3, -0.25) is 4.40 Å². The van der Waals surface area contributed by atoms with Crippen LogP contribution in [-0.2, 0) is 19.5 Å². The van der Waals surface area contributed by atoms with E-state index in [-0.39, 0.29) is 0 Å². The number of guanidine groups is 1. The van der Waals surface area contributed by atoms with Gasteiger partial charge >= 0.3 is 0 Å². The maximum absolute atomic E-state index is 4.60. The van der Waals surface area contributed by atoms with Crippen molar-refractivity contribution in [1.82, 2.24) is 40.0 Å². The third kappa shape index (κ3) is 4.11. The minimum Gasteiger partial charge on any atom is -0.357 e. The van der Waals surface area contributed by atoms with Crippen LogP contribution in [0.5, 0.6) is 0 Å². The molecule has 25 heavy (non-hydrogen) atoms. The van der Waals surface area contributed by atoms with Crippen LogP contribution in [0.1, 0.15) is 25.5 Å². The number of hydrogen-bond donors (Lipinski definition) is 2. The Balaban J connectivity index is 1.61. The molecule has 0 radical (unpaired) electrons. The molecule has 3 aromatic heterocycles. The number of aryl methyl sites for hydroxylation is 1. The average Bonchev–Trinajstić information content (AvgIpc) is 3.26. The van der Waals surface area contributed by atoms with E-state index in [4.69, 9.17) is 0 Å². The first-order valence-electron chi connectivity index (χ1n) is 8.49. The fraction of sp³-hybridized carbons (Fsp3) is 0.438. The SMILES string of the molecule is CCNC(=NCc1nnc2ccccn12)NCCn1cnnc1CC. The van der Waals surface area contributed by atoms with E-state index in [0.29, 0.717) is 6.54 Å². The average molecular weight is 341 g/mol. The Morgan fingerprint density at radius 2 is 2.04 bits per heavy atom. The predicted molar refractivity (Wildman–Crippen MR) is 95.2 cm³/mol. The van der Waals surface area contributed by atoms with Crippen molar-refractivity contribution in [2.75, 3.05) is 13.1 Å². The molecular weight excluding hydrogens is 318 g/mol. The zero-order valence-corrected chi connectivity index (χ0v) is 14.6. The summed E-state index contributed by atoms with van der Waals surface area (Å²) in [7, 11) is 0. The summed E-state index contributed by atoms with van der Waals surface area (Å²) in [5, 5.41) is 22.9. The van der Waals surface area contributed by atoms with Gasteiger partial charge in [0.1, 0.15) is 18.7 Å². The molecule has 3 aromatic rings. The number of rotatable bonds is 7. The van der Waals surface area contributed by atoms with Crippen LogP contribution in [0.2, 0.25) is 0 Å². The van der Waals surface area contributed by atoms with Gasteiger partial charge in [0.05, 0.1) is 0 Å². The van der Waals surface area contributed by atoms with Crippen molar-refractivity contribution in [2.45, 2.75) is 33.4 Å². The van der Waals surface area contributed by atoms with Gasteiger partial charge in [0.15, 0.2) is 17.4 Å². The first-order chi connectivity index (χ1) is 12.3. The van der Waals surface area contributed by atoms with Gasteiger partial charge in [0.25, 0.3) is 0 Å². The van der Waals surface area contributed by atoms with Gasteiger partial charge in [-0.1, -0.05) is 13.0 Å². The Morgan fingerprint density at radius 1 is 1.12 bits per heavy atom. The summed E-state index contributed by atoms with van der Waals surface area (Å²) in [6.45, 7) is 6.87. The van der Waals surface area contributed by atoms with Gasteiger partial charge in [-0.2, -0.15) is 0 Å². The summed E-state index contributed by atoms with van der Waals surface area (Å²) in [6, 6.07) is 5.82. The van der Waals surface area contributed by atoms with Gasteiger partial charge in [0.2, 0.25) is 0 Å². The molecule has 9 nitrogen and oxygen atoms in total. The van der Waals surface area contributed by atoms with Crippen LogP contribution in [0, 0.1) is 0 Å². The molecule has 0 aromatic carbocycles. The Hall–Kier alpha value is -2.97. The molecule has 3 heterocycles. The van der Waals surface area contributed by atoms with E-state index in [9.17, 15) is 0 Å². The number of nitrogens with zero attached hydrogens (tertiary/aromatic N) is 7. The molecule has 0 saturated carbocycles. The number of nitrogens with one attached hydrogen (secondary N) is 2. The highest BCUT2D eigenvalue weighted by Gasteiger charge is 2.05. The largest absolute Gasteiger partial charge is 0.357 e. The van der Waals surface area contributed by atoms with Crippen LogP contribution in [0.25, 0.3) is 5.65 Å². The maximum atomic E-state index is 4.60. The minimum atomic E-state index is 0.452. The number of hydrogen-bond acceptors (Lipinski definition) is 5. The molecule has 0 spiro atoms. The van der Waals surface area contributed by atoms with Crippen molar-refractivity contribution in [3.63, 3.8) is 0 Å². The van der Waals surface area contributed by atoms with E-state index in [1.165, 1.54) is 0 Å². The van der Waals surface area contributed by atoms with Gasteiger partial charge in [0, 0.05) is 32.3 Å². The van der Waals surface area contributed by atoms with Crippen molar-refractivity contribution in [2.24, 2.45) is 4.99 Å². The molecule has 0 unspecified atom stereocenters. The topological polar surface area (TPSA) is 97.3 Å². The summed E-state index contributed by atoms with van der Waals surface area (Å²) in [4.78, 5) is 4.60. The minimum absolute atomic E-state index is 0.452. The van der Waals surface area contributed by atoms with E-state index < -0.39 is 0 Å². The quantitative estimate of drug-likeness (QED) is 0.483. The Kier molecular flexibility index (Phi) is 5.55. The van der Waals surface area contributed by atoms with Crippen molar-refractivity contribution < 1.29 is 0 Å². The molecular formula is C16H23N9. The lowest BCUT2D eigenvalue weighted by Gasteiger charge is -2.12. The molecule has 2 N–H and O–H groups in total. The van der Waals surface area contributed by atoms with Gasteiger partial charge in [-0.05, 0) is 19.1 Å².